The van der Waals surface area contributed by atoms with Gasteiger partial charge >= 0.3 is 0 Å². The van der Waals surface area contributed by atoms with Gasteiger partial charge in [0.1, 0.15) is 6.04 Å². The summed E-state index contributed by atoms with van der Waals surface area (Å²) in [6.07, 6.45) is 0.956. The molecule has 120 valence electrons. The summed E-state index contributed by atoms with van der Waals surface area (Å²) in [5, 5.41) is 7.94. The van der Waals surface area contributed by atoms with Gasteiger partial charge in [-0.3, -0.25) is 9.48 Å². The van der Waals surface area contributed by atoms with Crippen LogP contribution in [0.5, 0.6) is 0 Å². The number of halogens is 1. The molecule has 0 aromatic carbocycles. The second-order valence-electron chi connectivity index (χ2n) is 5.28. The summed E-state index contributed by atoms with van der Waals surface area (Å²) in [5.74, 6) is -0.0168. The number of aryl methyl sites for hydroxylation is 1. The lowest BCUT2D eigenvalue weighted by molar-refractivity contribution is -0.124. The van der Waals surface area contributed by atoms with Crippen LogP contribution in [0, 0.1) is 13.8 Å². The second-order valence-corrected chi connectivity index (χ2v) is 5.65. The molecule has 1 atom stereocenters. The maximum Gasteiger partial charge on any atom is 0.244 e. The zero-order valence-electron chi connectivity index (χ0n) is 13.7. The Morgan fingerprint density at radius 2 is 2.00 bits per heavy atom. The van der Waals surface area contributed by atoms with Gasteiger partial charge < -0.3 is 10.2 Å². The van der Waals surface area contributed by atoms with Crippen molar-refractivity contribution in [3.8, 4) is 0 Å². The number of carbonyl (C=O) groups is 1. The van der Waals surface area contributed by atoms with Gasteiger partial charge in [0.05, 0.1) is 16.4 Å². The summed E-state index contributed by atoms with van der Waals surface area (Å²) in [7, 11) is 0. The minimum absolute atomic E-state index is 0.0168. The molecule has 1 aromatic rings. The van der Waals surface area contributed by atoms with Crippen molar-refractivity contribution in [1.29, 1.82) is 0 Å². The Kier molecular flexibility index (Phi) is 7.18. The van der Waals surface area contributed by atoms with Gasteiger partial charge in [-0.1, -0.05) is 25.4 Å². The highest BCUT2D eigenvalue weighted by Gasteiger charge is 2.20. The molecule has 1 unspecified atom stereocenters. The van der Waals surface area contributed by atoms with E-state index in [1.807, 2.05) is 20.8 Å². The number of nitrogens with zero attached hydrogens (tertiary/aromatic N) is 3. The van der Waals surface area contributed by atoms with Gasteiger partial charge in [-0.05, 0) is 46.8 Å². The first-order chi connectivity index (χ1) is 9.92. The Bertz CT molecular complexity index is 468. The maximum atomic E-state index is 12.2. The van der Waals surface area contributed by atoms with Crippen molar-refractivity contribution in [2.45, 2.75) is 47.1 Å². The molecular formula is C15H27ClN4O. The van der Waals surface area contributed by atoms with Crippen LogP contribution < -0.4 is 5.32 Å². The quantitative estimate of drug-likeness (QED) is 0.750. The first-order valence-electron chi connectivity index (χ1n) is 7.63. The average molecular weight is 315 g/mol. The molecule has 5 nitrogen and oxygen atoms in total. The average Bonchev–Trinajstić information content (AvgIpc) is 2.74. The van der Waals surface area contributed by atoms with E-state index in [0.29, 0.717) is 11.6 Å². The summed E-state index contributed by atoms with van der Waals surface area (Å²) < 4.78 is 1.69. The molecule has 1 rings (SSSR count). The summed E-state index contributed by atoms with van der Waals surface area (Å²) in [4.78, 5) is 14.5. The van der Waals surface area contributed by atoms with Gasteiger partial charge in [0, 0.05) is 6.54 Å². The van der Waals surface area contributed by atoms with Gasteiger partial charge in [0.15, 0.2) is 0 Å². The van der Waals surface area contributed by atoms with Gasteiger partial charge in [-0.2, -0.15) is 5.10 Å². The smallest absolute Gasteiger partial charge is 0.244 e. The Morgan fingerprint density at radius 1 is 1.38 bits per heavy atom. The molecule has 21 heavy (non-hydrogen) atoms. The number of rotatable bonds is 8. The van der Waals surface area contributed by atoms with Crippen LogP contribution in [-0.4, -0.2) is 46.8 Å². The Hall–Kier alpha value is -1.07. The van der Waals surface area contributed by atoms with Crippen molar-refractivity contribution < 1.29 is 4.79 Å². The standard InChI is InChI=1S/C15H27ClN4O/c1-6-19(7-2)10-8-9-17-15(21)13(5)20-12(4)14(16)11(3)18-20/h13H,6-10H2,1-5H3,(H,17,21). The number of nitrogens with one attached hydrogen (secondary N) is 1. The van der Waals surface area contributed by atoms with E-state index in [1.54, 1.807) is 4.68 Å². The zero-order valence-corrected chi connectivity index (χ0v) is 14.5. The molecule has 0 saturated heterocycles. The predicted octanol–water partition coefficient (Wildman–Crippen LogP) is 2.56. The monoisotopic (exact) mass is 314 g/mol. The predicted molar refractivity (Wildman–Crippen MR) is 86.8 cm³/mol. The zero-order chi connectivity index (χ0) is 16.0. The molecule has 1 N–H and O–H groups in total. The van der Waals surface area contributed by atoms with Crippen molar-refractivity contribution >= 4 is 17.5 Å². The first-order valence-corrected chi connectivity index (χ1v) is 8.01. The Morgan fingerprint density at radius 3 is 2.48 bits per heavy atom. The fraction of sp³-hybridized carbons (Fsp3) is 0.733. The number of hydrogen-bond acceptors (Lipinski definition) is 3. The highest BCUT2D eigenvalue weighted by Crippen LogP contribution is 2.22. The summed E-state index contributed by atoms with van der Waals surface area (Å²) in [6, 6.07) is -0.343. The number of carbonyl (C=O) groups excluding carboxylic acids is 1. The fourth-order valence-electron chi connectivity index (χ4n) is 2.33. The number of aromatic nitrogens is 2. The lowest BCUT2D eigenvalue weighted by Gasteiger charge is -2.18. The summed E-state index contributed by atoms with van der Waals surface area (Å²) in [6.45, 7) is 13.7. The molecule has 0 spiro atoms. The lowest BCUT2D eigenvalue weighted by Crippen LogP contribution is -2.34. The first kappa shape index (κ1) is 18.0. The highest BCUT2D eigenvalue weighted by molar-refractivity contribution is 6.31. The minimum atomic E-state index is -0.343. The van der Waals surface area contributed by atoms with Crippen LogP contribution in [-0.2, 0) is 4.79 Å². The van der Waals surface area contributed by atoms with Crippen molar-refractivity contribution in [2.75, 3.05) is 26.2 Å². The molecular weight excluding hydrogens is 288 g/mol. The van der Waals surface area contributed by atoms with E-state index in [9.17, 15) is 4.79 Å². The third-order valence-corrected chi connectivity index (χ3v) is 4.37. The Balaban J connectivity index is 2.46. The third-order valence-electron chi connectivity index (χ3n) is 3.83. The normalized spacial score (nSPS) is 12.7. The van der Waals surface area contributed by atoms with Crippen LogP contribution in [0.1, 0.15) is 44.6 Å². The van der Waals surface area contributed by atoms with Gasteiger partial charge in [0.25, 0.3) is 0 Å². The van der Waals surface area contributed by atoms with Gasteiger partial charge in [0.2, 0.25) is 5.91 Å². The Labute approximate surface area is 132 Å². The van der Waals surface area contributed by atoms with Crippen LogP contribution in [0.15, 0.2) is 0 Å². The maximum absolute atomic E-state index is 12.2. The molecule has 0 radical (unpaired) electrons. The van der Waals surface area contributed by atoms with Crippen LogP contribution in [0.2, 0.25) is 5.02 Å². The van der Waals surface area contributed by atoms with E-state index in [2.05, 4.69) is 29.2 Å². The number of amides is 1. The van der Waals surface area contributed by atoms with Crippen molar-refractivity contribution in [1.82, 2.24) is 20.0 Å². The van der Waals surface area contributed by atoms with Crippen LogP contribution in [0.4, 0.5) is 0 Å². The third kappa shape index (κ3) is 4.71. The van der Waals surface area contributed by atoms with E-state index in [0.717, 1.165) is 37.4 Å². The van der Waals surface area contributed by atoms with E-state index in [-0.39, 0.29) is 11.9 Å². The fourth-order valence-corrected chi connectivity index (χ4v) is 2.46. The van der Waals surface area contributed by atoms with Crippen molar-refractivity contribution in [3.05, 3.63) is 16.4 Å². The molecule has 0 saturated carbocycles. The molecule has 6 heteroatoms. The van der Waals surface area contributed by atoms with Crippen LogP contribution in [0.3, 0.4) is 0 Å². The minimum Gasteiger partial charge on any atom is -0.354 e. The van der Waals surface area contributed by atoms with Gasteiger partial charge in [-0.25, -0.2) is 0 Å². The van der Waals surface area contributed by atoms with E-state index < -0.39 is 0 Å². The second kappa shape index (κ2) is 8.39. The SMILES string of the molecule is CCN(CC)CCCNC(=O)C(C)n1nc(C)c(Cl)c1C. The summed E-state index contributed by atoms with van der Waals surface area (Å²) in [5.41, 5.74) is 1.59. The molecule has 1 heterocycles. The molecule has 0 aliphatic heterocycles. The van der Waals surface area contributed by atoms with Crippen molar-refractivity contribution in [3.63, 3.8) is 0 Å². The molecule has 0 aliphatic carbocycles. The topological polar surface area (TPSA) is 50.2 Å². The van der Waals surface area contributed by atoms with Crippen LogP contribution in [0.25, 0.3) is 0 Å². The molecule has 0 aliphatic rings. The van der Waals surface area contributed by atoms with Crippen LogP contribution >= 0.6 is 11.6 Å². The molecule has 0 fully saturated rings. The molecule has 0 bridgehead atoms. The van der Waals surface area contributed by atoms with Crippen molar-refractivity contribution in [2.24, 2.45) is 0 Å². The van der Waals surface area contributed by atoms with E-state index >= 15 is 0 Å². The van der Waals surface area contributed by atoms with E-state index in [4.69, 9.17) is 11.6 Å². The summed E-state index contributed by atoms with van der Waals surface area (Å²) >= 11 is 6.12. The highest BCUT2D eigenvalue weighted by atomic mass is 35.5. The number of hydrogen-bond donors (Lipinski definition) is 1. The van der Waals surface area contributed by atoms with Gasteiger partial charge in [-0.15, -0.1) is 0 Å². The lowest BCUT2D eigenvalue weighted by atomic mass is 10.3. The molecule has 1 aromatic heterocycles. The molecule has 1 amide bonds. The largest absolute Gasteiger partial charge is 0.354 e. The van der Waals surface area contributed by atoms with E-state index in [1.165, 1.54) is 0 Å².